The van der Waals surface area contributed by atoms with Gasteiger partial charge in [-0.2, -0.15) is 0 Å². The first-order valence-electron chi connectivity index (χ1n) is 25.0. The molecule has 0 amide bonds. The van der Waals surface area contributed by atoms with E-state index in [0.717, 1.165) is 64.2 Å². The quantitative estimate of drug-likeness (QED) is 0.0200. The highest BCUT2D eigenvalue weighted by atomic mass is 16.6. The lowest BCUT2D eigenvalue weighted by Crippen LogP contribution is -2.30. The predicted molar refractivity (Wildman–Crippen MR) is 256 cm³/mol. The molecule has 0 N–H and O–H groups in total. The van der Waals surface area contributed by atoms with E-state index >= 15 is 0 Å². The van der Waals surface area contributed by atoms with Crippen LogP contribution >= 0.6 is 0 Å². The highest BCUT2D eigenvalue weighted by molar-refractivity contribution is 5.71. The molecule has 344 valence electrons. The van der Waals surface area contributed by atoms with E-state index in [1.807, 2.05) is 54.7 Å². The number of rotatable bonds is 44. The van der Waals surface area contributed by atoms with Crippen molar-refractivity contribution in [3.63, 3.8) is 0 Å². The third kappa shape index (κ3) is 45.9. The van der Waals surface area contributed by atoms with E-state index in [-0.39, 0.29) is 37.5 Å². The van der Waals surface area contributed by atoms with Gasteiger partial charge in [0, 0.05) is 19.3 Å². The molecule has 0 saturated carbocycles. The molecule has 0 saturated heterocycles. The normalized spacial score (nSPS) is 12.7. The van der Waals surface area contributed by atoms with Gasteiger partial charge in [0.15, 0.2) is 6.10 Å². The monoisotopic (exact) mass is 837 g/mol. The second kappa shape index (κ2) is 48.5. The average molecular weight is 837 g/mol. The Morgan fingerprint density at radius 3 is 1.12 bits per heavy atom. The van der Waals surface area contributed by atoms with Crippen molar-refractivity contribution >= 4 is 17.9 Å². The molecule has 6 nitrogen and oxygen atoms in total. The van der Waals surface area contributed by atoms with Gasteiger partial charge >= 0.3 is 17.9 Å². The fraction of sp³-hybridized carbons (Fsp3) is 0.722. The second-order valence-corrected chi connectivity index (χ2v) is 16.5. The molecule has 1 atom stereocenters. The van der Waals surface area contributed by atoms with Crippen molar-refractivity contribution in [2.24, 2.45) is 0 Å². The molecular weight excluding hydrogens is 745 g/mol. The average Bonchev–Trinajstić information content (AvgIpc) is 3.24. The summed E-state index contributed by atoms with van der Waals surface area (Å²) < 4.78 is 16.7. The van der Waals surface area contributed by atoms with Crippen LogP contribution in [0.3, 0.4) is 0 Å². The van der Waals surface area contributed by atoms with Gasteiger partial charge in [0.2, 0.25) is 0 Å². The molecule has 0 aliphatic carbocycles. The summed E-state index contributed by atoms with van der Waals surface area (Å²) in [6.07, 6.45) is 60.4. The molecule has 0 aromatic carbocycles. The Morgan fingerprint density at radius 1 is 0.350 bits per heavy atom. The van der Waals surface area contributed by atoms with Crippen molar-refractivity contribution in [1.82, 2.24) is 0 Å². The first kappa shape index (κ1) is 56.9. The Balaban J connectivity index is 4.47. The fourth-order valence-electron chi connectivity index (χ4n) is 6.82. The number of ether oxygens (including phenoxy) is 3. The Morgan fingerprint density at radius 2 is 0.683 bits per heavy atom. The summed E-state index contributed by atoms with van der Waals surface area (Å²) in [5.41, 5.74) is 0. The van der Waals surface area contributed by atoms with Crippen molar-refractivity contribution < 1.29 is 28.6 Å². The topological polar surface area (TPSA) is 78.9 Å². The van der Waals surface area contributed by atoms with Crippen LogP contribution in [0.4, 0.5) is 0 Å². The smallest absolute Gasteiger partial charge is 0.306 e. The first-order valence-corrected chi connectivity index (χ1v) is 25.0. The maximum absolute atomic E-state index is 12.7. The van der Waals surface area contributed by atoms with Crippen molar-refractivity contribution in [2.45, 2.75) is 239 Å². The standard InChI is InChI=1S/C54H92O6/c1-4-7-10-13-16-19-22-25-26-27-30-32-35-38-41-44-47-53(56)59-50-51(60-54(57)48-45-42-39-36-33-29-24-21-18-15-12-9-6-3)49-58-52(55)46-43-40-37-34-31-28-23-20-17-14-11-8-5-2/h9,12,15,18,21,24,28-29,31,33,36,39,51H,4-8,10-11,13-14,16-17,19-20,22-23,25-27,30,32,34-35,37-38,40-50H2,1-3H3/b12-9-,18-15-,24-21-,31-28-,33-29-,39-36-. The van der Waals surface area contributed by atoms with Crippen LogP contribution in [-0.4, -0.2) is 37.2 Å². The van der Waals surface area contributed by atoms with Gasteiger partial charge in [-0.15, -0.1) is 0 Å². The molecule has 0 heterocycles. The minimum absolute atomic E-state index is 0.107. The summed E-state index contributed by atoms with van der Waals surface area (Å²) in [5.74, 6) is -0.997. The van der Waals surface area contributed by atoms with E-state index in [4.69, 9.17) is 14.2 Å². The number of hydrogen-bond donors (Lipinski definition) is 0. The van der Waals surface area contributed by atoms with Crippen LogP contribution in [0.5, 0.6) is 0 Å². The van der Waals surface area contributed by atoms with E-state index in [1.54, 1.807) is 0 Å². The van der Waals surface area contributed by atoms with Crippen molar-refractivity contribution in [2.75, 3.05) is 13.2 Å². The van der Waals surface area contributed by atoms with Crippen LogP contribution in [0, 0.1) is 0 Å². The zero-order valence-electron chi connectivity index (χ0n) is 39.2. The van der Waals surface area contributed by atoms with E-state index in [9.17, 15) is 14.4 Å². The van der Waals surface area contributed by atoms with Crippen LogP contribution in [0.2, 0.25) is 0 Å². The van der Waals surface area contributed by atoms with E-state index in [2.05, 4.69) is 39.0 Å². The van der Waals surface area contributed by atoms with E-state index < -0.39 is 6.10 Å². The maximum atomic E-state index is 12.7. The van der Waals surface area contributed by atoms with Gasteiger partial charge in [0.25, 0.3) is 0 Å². The van der Waals surface area contributed by atoms with Crippen LogP contribution in [0.25, 0.3) is 0 Å². The van der Waals surface area contributed by atoms with Crippen molar-refractivity contribution in [3.05, 3.63) is 72.9 Å². The third-order valence-electron chi connectivity index (χ3n) is 10.6. The number of unbranched alkanes of at least 4 members (excludes halogenated alkanes) is 25. The lowest BCUT2D eigenvalue weighted by atomic mass is 10.0. The fourth-order valence-corrected chi connectivity index (χ4v) is 6.82. The van der Waals surface area contributed by atoms with Gasteiger partial charge in [-0.25, -0.2) is 0 Å². The molecule has 0 spiro atoms. The summed E-state index contributed by atoms with van der Waals surface area (Å²) in [6.45, 7) is 6.41. The van der Waals surface area contributed by atoms with Gasteiger partial charge in [0.05, 0.1) is 0 Å². The molecule has 0 fully saturated rings. The molecule has 0 aliphatic rings. The van der Waals surface area contributed by atoms with Crippen LogP contribution in [0.15, 0.2) is 72.9 Å². The van der Waals surface area contributed by atoms with Crippen LogP contribution in [0.1, 0.15) is 233 Å². The molecule has 0 radical (unpaired) electrons. The molecule has 0 rings (SSSR count). The van der Waals surface area contributed by atoms with Gasteiger partial charge in [-0.05, 0) is 57.8 Å². The van der Waals surface area contributed by atoms with Crippen molar-refractivity contribution in [3.8, 4) is 0 Å². The lowest BCUT2D eigenvalue weighted by Gasteiger charge is -2.18. The molecule has 6 heteroatoms. The molecule has 0 bridgehead atoms. The van der Waals surface area contributed by atoms with Gasteiger partial charge in [-0.1, -0.05) is 229 Å². The number of hydrogen-bond acceptors (Lipinski definition) is 6. The van der Waals surface area contributed by atoms with Crippen LogP contribution in [-0.2, 0) is 28.6 Å². The Labute approximate surface area is 370 Å². The van der Waals surface area contributed by atoms with Gasteiger partial charge in [-0.3, -0.25) is 14.4 Å². The highest BCUT2D eigenvalue weighted by Crippen LogP contribution is 2.15. The molecular formula is C54H92O6. The summed E-state index contributed by atoms with van der Waals surface area (Å²) >= 11 is 0. The summed E-state index contributed by atoms with van der Waals surface area (Å²) in [4.78, 5) is 37.9. The highest BCUT2D eigenvalue weighted by Gasteiger charge is 2.19. The zero-order valence-corrected chi connectivity index (χ0v) is 39.2. The zero-order chi connectivity index (χ0) is 43.7. The number of carbonyl (C=O) groups is 3. The summed E-state index contributed by atoms with van der Waals surface area (Å²) in [7, 11) is 0. The lowest BCUT2D eigenvalue weighted by molar-refractivity contribution is -0.167. The minimum atomic E-state index is -0.815. The number of allylic oxidation sites excluding steroid dienone is 12. The van der Waals surface area contributed by atoms with Crippen LogP contribution < -0.4 is 0 Å². The largest absolute Gasteiger partial charge is 0.462 e. The Bertz CT molecular complexity index is 1140. The number of esters is 3. The van der Waals surface area contributed by atoms with E-state index in [0.29, 0.717) is 19.3 Å². The summed E-state index contributed by atoms with van der Waals surface area (Å²) in [5, 5.41) is 0. The van der Waals surface area contributed by atoms with E-state index in [1.165, 1.54) is 122 Å². The molecule has 0 aromatic rings. The predicted octanol–water partition coefficient (Wildman–Crippen LogP) is 16.3. The maximum Gasteiger partial charge on any atom is 0.306 e. The summed E-state index contributed by atoms with van der Waals surface area (Å²) in [6, 6.07) is 0. The van der Waals surface area contributed by atoms with Gasteiger partial charge < -0.3 is 14.2 Å². The third-order valence-corrected chi connectivity index (χ3v) is 10.6. The SMILES string of the molecule is CC\C=C/C=C\C=C/C=C\C=C/CCCC(=O)OC(COC(=O)CCCCC/C=C\CCCCCCCC)COC(=O)CCCCCCCCCCCCCCCCCC. The Hall–Kier alpha value is -3.15. The first-order chi connectivity index (χ1) is 29.5. The molecule has 60 heavy (non-hydrogen) atoms. The minimum Gasteiger partial charge on any atom is -0.462 e. The molecule has 1 unspecified atom stereocenters. The Kier molecular flexibility index (Phi) is 46.0. The second-order valence-electron chi connectivity index (χ2n) is 16.5. The van der Waals surface area contributed by atoms with Crippen molar-refractivity contribution in [1.29, 1.82) is 0 Å². The molecule has 0 aromatic heterocycles. The van der Waals surface area contributed by atoms with Gasteiger partial charge in [0.1, 0.15) is 13.2 Å². The number of carbonyl (C=O) groups excluding carboxylic acids is 3. The molecule has 0 aliphatic heterocycles.